The number of ether oxygens (including phenoxy) is 1. The number of rotatable bonds is 7. The van der Waals surface area contributed by atoms with Gasteiger partial charge in [-0.1, -0.05) is 12.1 Å². The summed E-state index contributed by atoms with van der Waals surface area (Å²) in [6, 6.07) is 13.9. The fraction of sp³-hybridized carbons (Fsp3) is 0.211. The van der Waals surface area contributed by atoms with Gasteiger partial charge in [0.1, 0.15) is 11.4 Å². The standard InChI is InChI=1S/C19H19N3O4/c1-25-15-6-4-14(5-7-15)13-18(23)20-10-11-22-19(24)9-8-16(21-22)17-3-2-12-26-17/h2-9,12H,10-11,13H2,1H3,(H,20,23). The maximum Gasteiger partial charge on any atom is 0.266 e. The Balaban J connectivity index is 1.54. The quantitative estimate of drug-likeness (QED) is 0.701. The van der Waals surface area contributed by atoms with Crippen molar-refractivity contribution in [3.05, 3.63) is 70.7 Å². The van der Waals surface area contributed by atoms with Gasteiger partial charge in [0.05, 0.1) is 26.3 Å². The van der Waals surface area contributed by atoms with Crippen LogP contribution in [0.25, 0.3) is 11.5 Å². The average Bonchev–Trinajstić information content (AvgIpc) is 3.18. The highest BCUT2D eigenvalue weighted by atomic mass is 16.5. The van der Waals surface area contributed by atoms with Gasteiger partial charge in [-0.25, -0.2) is 4.68 Å². The Hall–Kier alpha value is -3.35. The molecule has 0 aliphatic carbocycles. The first-order valence-corrected chi connectivity index (χ1v) is 8.17. The van der Waals surface area contributed by atoms with Crippen molar-refractivity contribution in [2.45, 2.75) is 13.0 Å². The van der Waals surface area contributed by atoms with E-state index in [1.54, 1.807) is 31.6 Å². The summed E-state index contributed by atoms with van der Waals surface area (Å²) in [5, 5.41) is 7.06. The van der Waals surface area contributed by atoms with Crippen LogP contribution in [-0.4, -0.2) is 29.3 Å². The number of hydrogen-bond donors (Lipinski definition) is 1. The van der Waals surface area contributed by atoms with Crippen LogP contribution >= 0.6 is 0 Å². The molecule has 0 fully saturated rings. The molecule has 0 aliphatic heterocycles. The first-order chi connectivity index (χ1) is 12.7. The molecule has 3 aromatic rings. The number of aromatic nitrogens is 2. The van der Waals surface area contributed by atoms with E-state index in [1.807, 2.05) is 24.3 Å². The third kappa shape index (κ3) is 4.38. The van der Waals surface area contributed by atoms with Gasteiger partial charge in [-0.05, 0) is 35.9 Å². The number of carbonyl (C=O) groups excluding carboxylic acids is 1. The zero-order valence-corrected chi connectivity index (χ0v) is 14.3. The summed E-state index contributed by atoms with van der Waals surface area (Å²) in [6.45, 7) is 0.589. The molecule has 0 atom stereocenters. The average molecular weight is 353 g/mol. The Kier molecular flexibility index (Phi) is 5.48. The van der Waals surface area contributed by atoms with Gasteiger partial charge < -0.3 is 14.5 Å². The molecule has 0 saturated heterocycles. The largest absolute Gasteiger partial charge is 0.497 e. The lowest BCUT2D eigenvalue weighted by atomic mass is 10.1. The van der Waals surface area contributed by atoms with E-state index in [4.69, 9.17) is 9.15 Å². The van der Waals surface area contributed by atoms with Gasteiger partial charge in [-0.3, -0.25) is 9.59 Å². The number of benzene rings is 1. The van der Waals surface area contributed by atoms with Crippen molar-refractivity contribution in [2.75, 3.05) is 13.7 Å². The van der Waals surface area contributed by atoms with Gasteiger partial charge in [0, 0.05) is 12.6 Å². The Morgan fingerprint density at radius 2 is 2.00 bits per heavy atom. The molecule has 1 amide bonds. The molecule has 1 aromatic carbocycles. The van der Waals surface area contributed by atoms with E-state index in [2.05, 4.69) is 10.4 Å². The first-order valence-electron chi connectivity index (χ1n) is 8.17. The molecular formula is C19H19N3O4. The van der Waals surface area contributed by atoms with Gasteiger partial charge >= 0.3 is 0 Å². The van der Waals surface area contributed by atoms with Crippen LogP contribution in [0.3, 0.4) is 0 Å². The summed E-state index contributed by atoms with van der Waals surface area (Å²) < 4.78 is 11.7. The summed E-state index contributed by atoms with van der Waals surface area (Å²) in [4.78, 5) is 23.9. The minimum atomic E-state index is -0.232. The van der Waals surface area contributed by atoms with Crippen LogP contribution in [0.1, 0.15) is 5.56 Å². The second-order valence-corrected chi connectivity index (χ2v) is 5.63. The minimum Gasteiger partial charge on any atom is -0.497 e. The topological polar surface area (TPSA) is 86.4 Å². The van der Waals surface area contributed by atoms with E-state index in [9.17, 15) is 9.59 Å². The summed E-state index contributed by atoms with van der Waals surface area (Å²) in [5.74, 6) is 1.21. The molecule has 0 unspecified atom stereocenters. The predicted molar refractivity (Wildman–Crippen MR) is 95.9 cm³/mol. The summed E-state index contributed by atoms with van der Waals surface area (Å²) in [6.07, 6.45) is 1.81. The fourth-order valence-electron chi connectivity index (χ4n) is 2.46. The summed E-state index contributed by atoms with van der Waals surface area (Å²) >= 11 is 0. The van der Waals surface area contributed by atoms with Crippen LogP contribution in [-0.2, 0) is 17.8 Å². The lowest BCUT2D eigenvalue weighted by Crippen LogP contribution is -2.32. The van der Waals surface area contributed by atoms with Crippen LogP contribution in [0.4, 0.5) is 0 Å². The van der Waals surface area contributed by atoms with E-state index >= 15 is 0 Å². The summed E-state index contributed by atoms with van der Waals surface area (Å²) in [5.41, 5.74) is 1.22. The smallest absolute Gasteiger partial charge is 0.266 e. The number of furan rings is 1. The SMILES string of the molecule is COc1ccc(CC(=O)NCCn2nc(-c3ccco3)ccc2=O)cc1. The predicted octanol–water partition coefficient (Wildman–Crippen LogP) is 1.87. The van der Waals surface area contributed by atoms with E-state index in [1.165, 1.54) is 10.7 Å². The zero-order valence-electron chi connectivity index (χ0n) is 14.3. The van der Waals surface area contributed by atoms with Gasteiger partial charge in [0.25, 0.3) is 5.56 Å². The zero-order chi connectivity index (χ0) is 18.4. The number of methoxy groups -OCH3 is 1. The van der Waals surface area contributed by atoms with E-state index in [-0.39, 0.29) is 24.4 Å². The molecule has 134 valence electrons. The van der Waals surface area contributed by atoms with E-state index in [0.717, 1.165) is 11.3 Å². The van der Waals surface area contributed by atoms with Crippen LogP contribution in [0.5, 0.6) is 5.75 Å². The van der Waals surface area contributed by atoms with Gasteiger partial charge in [-0.2, -0.15) is 5.10 Å². The minimum absolute atomic E-state index is 0.120. The van der Waals surface area contributed by atoms with Crippen molar-refractivity contribution in [1.82, 2.24) is 15.1 Å². The monoisotopic (exact) mass is 353 g/mol. The lowest BCUT2D eigenvalue weighted by Gasteiger charge is -2.08. The Bertz CT molecular complexity index is 915. The highest BCUT2D eigenvalue weighted by Crippen LogP contribution is 2.15. The number of amides is 1. The summed E-state index contributed by atoms with van der Waals surface area (Å²) in [7, 11) is 1.60. The van der Waals surface area contributed by atoms with Crippen molar-refractivity contribution >= 4 is 5.91 Å². The second-order valence-electron chi connectivity index (χ2n) is 5.63. The van der Waals surface area contributed by atoms with Gasteiger partial charge in [0.15, 0.2) is 5.76 Å². The fourth-order valence-corrected chi connectivity index (χ4v) is 2.46. The van der Waals surface area contributed by atoms with Crippen molar-refractivity contribution in [1.29, 1.82) is 0 Å². The molecule has 0 spiro atoms. The molecule has 1 N–H and O–H groups in total. The number of nitrogens with one attached hydrogen (secondary N) is 1. The van der Waals surface area contributed by atoms with Crippen molar-refractivity contribution in [3.63, 3.8) is 0 Å². The first kappa shape index (κ1) is 17.5. The Morgan fingerprint density at radius 3 is 2.69 bits per heavy atom. The third-order valence-corrected chi connectivity index (χ3v) is 3.81. The molecular weight excluding hydrogens is 334 g/mol. The highest BCUT2D eigenvalue weighted by Gasteiger charge is 2.07. The number of carbonyl (C=O) groups is 1. The van der Waals surface area contributed by atoms with E-state index in [0.29, 0.717) is 18.0 Å². The normalized spacial score (nSPS) is 10.5. The molecule has 7 heteroatoms. The molecule has 0 saturated carbocycles. The molecule has 2 aromatic heterocycles. The van der Waals surface area contributed by atoms with Crippen LogP contribution in [0, 0.1) is 0 Å². The van der Waals surface area contributed by atoms with Crippen molar-refractivity contribution in [2.24, 2.45) is 0 Å². The molecule has 3 rings (SSSR count). The van der Waals surface area contributed by atoms with Gasteiger partial charge in [0.2, 0.25) is 5.91 Å². The Morgan fingerprint density at radius 1 is 1.19 bits per heavy atom. The van der Waals surface area contributed by atoms with E-state index < -0.39 is 0 Å². The van der Waals surface area contributed by atoms with Crippen LogP contribution in [0.15, 0.2) is 64.0 Å². The maximum atomic E-state index is 12.0. The maximum absolute atomic E-state index is 12.0. The lowest BCUT2D eigenvalue weighted by molar-refractivity contribution is -0.120. The van der Waals surface area contributed by atoms with Crippen LogP contribution in [0.2, 0.25) is 0 Å². The molecule has 7 nitrogen and oxygen atoms in total. The molecule has 0 aliphatic rings. The number of nitrogens with zero attached hydrogens (tertiary/aromatic N) is 2. The second kappa shape index (κ2) is 8.15. The number of hydrogen-bond acceptors (Lipinski definition) is 5. The molecule has 0 bridgehead atoms. The van der Waals surface area contributed by atoms with Gasteiger partial charge in [-0.15, -0.1) is 0 Å². The highest BCUT2D eigenvalue weighted by molar-refractivity contribution is 5.78. The van der Waals surface area contributed by atoms with Crippen LogP contribution < -0.4 is 15.6 Å². The molecule has 2 heterocycles. The Labute approximate surface area is 150 Å². The van der Waals surface area contributed by atoms with Crippen molar-refractivity contribution in [3.8, 4) is 17.2 Å². The van der Waals surface area contributed by atoms with Crippen molar-refractivity contribution < 1.29 is 13.9 Å². The molecule has 0 radical (unpaired) electrons. The molecule has 26 heavy (non-hydrogen) atoms. The third-order valence-electron chi connectivity index (χ3n) is 3.81.